The van der Waals surface area contributed by atoms with Gasteiger partial charge in [-0.05, 0) is 26.0 Å². The van der Waals surface area contributed by atoms with Crippen LogP contribution in [0.2, 0.25) is 0 Å². The fourth-order valence-electron chi connectivity index (χ4n) is 1.20. The molecule has 12 heavy (non-hydrogen) atoms. The van der Waals surface area contributed by atoms with Gasteiger partial charge in [-0.2, -0.15) is 0 Å². The number of aromatic nitrogens is 1. The Balaban J connectivity index is 2.84. The van der Waals surface area contributed by atoms with Crippen LogP contribution in [0.3, 0.4) is 0 Å². The predicted octanol–water partition coefficient (Wildman–Crippen LogP) is 1.53. The van der Waals surface area contributed by atoms with Crippen LogP contribution in [-0.2, 0) is 9.53 Å². The largest absolute Gasteiger partial charge is 0.467 e. The lowest BCUT2D eigenvalue weighted by Crippen LogP contribution is -2.17. The monoisotopic (exact) mass is 167 g/mol. The Morgan fingerprint density at radius 3 is 2.75 bits per heavy atom. The standard InChI is InChI=1S/C9H13NO2/c1-7-5-4-6-10(7)8(2)9(11)12-3/h4-6,8H,1-3H3/t8-/m0/s1. The highest BCUT2D eigenvalue weighted by Crippen LogP contribution is 2.11. The van der Waals surface area contributed by atoms with Crippen molar-refractivity contribution in [2.24, 2.45) is 0 Å². The third-order valence-corrected chi connectivity index (χ3v) is 1.95. The second-order valence-electron chi connectivity index (χ2n) is 2.76. The summed E-state index contributed by atoms with van der Waals surface area (Å²) in [5, 5.41) is 0. The molecule has 1 rings (SSSR count). The lowest BCUT2D eigenvalue weighted by molar-refractivity contribution is -0.144. The predicted molar refractivity (Wildman–Crippen MR) is 45.9 cm³/mol. The summed E-state index contributed by atoms with van der Waals surface area (Å²) in [4.78, 5) is 11.1. The first-order valence-corrected chi connectivity index (χ1v) is 3.88. The topological polar surface area (TPSA) is 31.2 Å². The molecule has 0 unspecified atom stereocenters. The highest BCUT2D eigenvalue weighted by molar-refractivity contribution is 5.73. The fourth-order valence-corrected chi connectivity index (χ4v) is 1.20. The average Bonchev–Trinajstić information content (AvgIpc) is 2.48. The number of carbonyl (C=O) groups excluding carboxylic acids is 1. The van der Waals surface area contributed by atoms with E-state index in [-0.39, 0.29) is 12.0 Å². The third kappa shape index (κ3) is 1.49. The second kappa shape index (κ2) is 3.43. The van der Waals surface area contributed by atoms with Gasteiger partial charge in [-0.25, -0.2) is 4.79 Å². The Labute approximate surface area is 72.0 Å². The van der Waals surface area contributed by atoms with Crippen LogP contribution in [0.25, 0.3) is 0 Å². The molecule has 0 amide bonds. The zero-order valence-electron chi connectivity index (χ0n) is 7.57. The van der Waals surface area contributed by atoms with Gasteiger partial charge in [-0.1, -0.05) is 0 Å². The molecule has 0 fully saturated rings. The Kier molecular flexibility index (Phi) is 2.53. The quantitative estimate of drug-likeness (QED) is 0.625. The number of esters is 1. The van der Waals surface area contributed by atoms with Crippen LogP contribution in [0.15, 0.2) is 18.3 Å². The maximum Gasteiger partial charge on any atom is 0.328 e. The summed E-state index contributed by atoms with van der Waals surface area (Å²) in [6.07, 6.45) is 1.87. The van der Waals surface area contributed by atoms with E-state index >= 15 is 0 Å². The SMILES string of the molecule is COC(=O)[C@H](C)n1cccc1C. The van der Waals surface area contributed by atoms with Crippen molar-refractivity contribution in [2.75, 3.05) is 7.11 Å². The summed E-state index contributed by atoms with van der Waals surface area (Å²) in [5.74, 6) is -0.214. The van der Waals surface area contributed by atoms with Crippen LogP contribution in [0.1, 0.15) is 18.7 Å². The summed E-state index contributed by atoms with van der Waals surface area (Å²) in [7, 11) is 1.40. The number of hydrogen-bond acceptors (Lipinski definition) is 2. The third-order valence-electron chi connectivity index (χ3n) is 1.95. The Morgan fingerprint density at radius 2 is 2.33 bits per heavy atom. The van der Waals surface area contributed by atoms with E-state index in [1.807, 2.05) is 36.7 Å². The number of rotatable bonds is 2. The zero-order valence-corrected chi connectivity index (χ0v) is 7.57. The molecule has 66 valence electrons. The van der Waals surface area contributed by atoms with E-state index in [1.165, 1.54) is 7.11 Å². The molecule has 1 atom stereocenters. The van der Waals surface area contributed by atoms with Gasteiger partial charge >= 0.3 is 5.97 Å². The number of hydrogen-bond donors (Lipinski definition) is 0. The van der Waals surface area contributed by atoms with Gasteiger partial charge in [0.25, 0.3) is 0 Å². The number of ether oxygens (including phenoxy) is 1. The molecule has 0 aliphatic heterocycles. The van der Waals surface area contributed by atoms with E-state index in [2.05, 4.69) is 4.74 Å². The second-order valence-corrected chi connectivity index (χ2v) is 2.76. The van der Waals surface area contributed by atoms with Crippen LogP contribution >= 0.6 is 0 Å². The van der Waals surface area contributed by atoms with E-state index in [9.17, 15) is 4.79 Å². The number of carbonyl (C=O) groups is 1. The van der Waals surface area contributed by atoms with Gasteiger partial charge in [-0.3, -0.25) is 0 Å². The molecule has 1 aromatic rings. The minimum Gasteiger partial charge on any atom is -0.467 e. The van der Waals surface area contributed by atoms with Crippen molar-refractivity contribution < 1.29 is 9.53 Å². The Morgan fingerprint density at radius 1 is 1.67 bits per heavy atom. The number of nitrogens with zero attached hydrogens (tertiary/aromatic N) is 1. The highest BCUT2D eigenvalue weighted by atomic mass is 16.5. The van der Waals surface area contributed by atoms with Crippen LogP contribution in [0.5, 0.6) is 0 Å². The van der Waals surface area contributed by atoms with Gasteiger partial charge in [-0.15, -0.1) is 0 Å². The maximum atomic E-state index is 11.1. The molecule has 0 N–H and O–H groups in total. The van der Waals surface area contributed by atoms with Gasteiger partial charge in [0.05, 0.1) is 7.11 Å². The van der Waals surface area contributed by atoms with E-state index in [0.717, 1.165) is 5.69 Å². The van der Waals surface area contributed by atoms with E-state index in [0.29, 0.717) is 0 Å². The lowest BCUT2D eigenvalue weighted by atomic mass is 10.3. The molecule has 3 nitrogen and oxygen atoms in total. The molecular formula is C9H13NO2. The first-order valence-electron chi connectivity index (χ1n) is 3.88. The minimum atomic E-state index is -0.231. The summed E-state index contributed by atoms with van der Waals surface area (Å²) in [6, 6.07) is 3.64. The van der Waals surface area contributed by atoms with Crippen molar-refractivity contribution in [2.45, 2.75) is 19.9 Å². The summed E-state index contributed by atoms with van der Waals surface area (Å²) >= 11 is 0. The van der Waals surface area contributed by atoms with Crippen molar-refractivity contribution in [1.29, 1.82) is 0 Å². The van der Waals surface area contributed by atoms with Crippen molar-refractivity contribution in [3.8, 4) is 0 Å². The lowest BCUT2D eigenvalue weighted by Gasteiger charge is -2.12. The first-order chi connectivity index (χ1) is 5.66. The van der Waals surface area contributed by atoms with Gasteiger partial charge < -0.3 is 9.30 Å². The van der Waals surface area contributed by atoms with Crippen molar-refractivity contribution >= 4 is 5.97 Å². The summed E-state index contributed by atoms with van der Waals surface area (Å²) < 4.78 is 6.51. The molecule has 1 heterocycles. The minimum absolute atomic E-state index is 0.214. The molecule has 0 aliphatic rings. The fraction of sp³-hybridized carbons (Fsp3) is 0.444. The normalized spacial score (nSPS) is 12.6. The first kappa shape index (κ1) is 8.84. The molecule has 0 radical (unpaired) electrons. The summed E-state index contributed by atoms with van der Waals surface area (Å²) in [5.41, 5.74) is 1.06. The Bertz CT molecular complexity index is 278. The van der Waals surface area contributed by atoms with Gasteiger partial charge in [0, 0.05) is 11.9 Å². The van der Waals surface area contributed by atoms with Crippen LogP contribution < -0.4 is 0 Å². The van der Waals surface area contributed by atoms with Gasteiger partial charge in [0.2, 0.25) is 0 Å². The zero-order chi connectivity index (χ0) is 9.14. The Hall–Kier alpha value is -1.25. The summed E-state index contributed by atoms with van der Waals surface area (Å²) in [6.45, 7) is 3.78. The van der Waals surface area contributed by atoms with Gasteiger partial charge in [0.1, 0.15) is 6.04 Å². The van der Waals surface area contributed by atoms with Crippen molar-refractivity contribution in [3.05, 3.63) is 24.0 Å². The van der Waals surface area contributed by atoms with E-state index in [1.54, 1.807) is 0 Å². The molecule has 1 aromatic heterocycles. The van der Waals surface area contributed by atoms with Gasteiger partial charge in [0.15, 0.2) is 0 Å². The van der Waals surface area contributed by atoms with Crippen molar-refractivity contribution in [1.82, 2.24) is 4.57 Å². The van der Waals surface area contributed by atoms with Crippen LogP contribution in [0, 0.1) is 6.92 Å². The molecule has 0 bridgehead atoms. The average molecular weight is 167 g/mol. The molecular weight excluding hydrogens is 154 g/mol. The molecule has 0 saturated carbocycles. The smallest absolute Gasteiger partial charge is 0.328 e. The maximum absolute atomic E-state index is 11.1. The van der Waals surface area contributed by atoms with Crippen LogP contribution in [-0.4, -0.2) is 17.6 Å². The molecule has 0 aliphatic carbocycles. The number of aryl methyl sites for hydroxylation is 1. The van der Waals surface area contributed by atoms with Crippen LogP contribution in [0.4, 0.5) is 0 Å². The van der Waals surface area contributed by atoms with E-state index < -0.39 is 0 Å². The molecule has 0 spiro atoms. The molecule has 3 heteroatoms. The molecule has 0 saturated heterocycles. The van der Waals surface area contributed by atoms with E-state index in [4.69, 9.17) is 0 Å². The number of methoxy groups -OCH3 is 1. The highest BCUT2D eigenvalue weighted by Gasteiger charge is 2.14. The van der Waals surface area contributed by atoms with Crippen molar-refractivity contribution in [3.63, 3.8) is 0 Å². The molecule has 0 aromatic carbocycles.